The van der Waals surface area contributed by atoms with Gasteiger partial charge in [0.25, 0.3) is 0 Å². The molecular weight excluding hydrogens is 316 g/mol. The highest BCUT2D eigenvalue weighted by Crippen LogP contribution is 2.49. The topological polar surface area (TPSA) is 69.4 Å². The number of carbonyl (C=O) groups is 2. The van der Waals surface area contributed by atoms with Crippen LogP contribution >= 0.6 is 0 Å². The summed E-state index contributed by atoms with van der Waals surface area (Å²) in [6.07, 6.45) is 0.431. The number of hydrogen-bond donors (Lipinski definition) is 1. The molecular formula is C18H15F2NO3. The first-order chi connectivity index (χ1) is 11.5. The number of hydrogen-bond acceptors (Lipinski definition) is 3. The Kier molecular flexibility index (Phi) is 4.29. The highest BCUT2D eigenvalue weighted by Gasteiger charge is 2.46. The molecule has 2 aromatic carbocycles. The molecule has 0 unspecified atom stereocenters. The van der Waals surface area contributed by atoms with Gasteiger partial charge >= 0.3 is 5.97 Å². The van der Waals surface area contributed by atoms with Gasteiger partial charge < -0.3 is 10.5 Å². The van der Waals surface area contributed by atoms with Crippen LogP contribution in [0.15, 0.2) is 42.5 Å². The van der Waals surface area contributed by atoms with E-state index in [0.29, 0.717) is 17.5 Å². The van der Waals surface area contributed by atoms with E-state index < -0.39 is 29.4 Å². The second kappa shape index (κ2) is 6.39. The smallest absolute Gasteiger partial charge is 0.309 e. The molecule has 3 rings (SSSR count). The van der Waals surface area contributed by atoms with E-state index in [9.17, 15) is 18.4 Å². The number of esters is 1. The summed E-state index contributed by atoms with van der Waals surface area (Å²) < 4.78 is 32.2. The minimum atomic E-state index is -0.921. The fraction of sp³-hybridized carbons (Fsp3) is 0.222. The van der Waals surface area contributed by atoms with Gasteiger partial charge in [0.1, 0.15) is 6.61 Å². The van der Waals surface area contributed by atoms with E-state index in [4.69, 9.17) is 10.5 Å². The van der Waals surface area contributed by atoms with E-state index in [1.165, 1.54) is 12.1 Å². The SMILES string of the molecule is NC(=O)c1cccc(COC(=O)[C@@H]2C[C@H]2c2cccc(F)c2F)c1. The summed E-state index contributed by atoms with van der Waals surface area (Å²) in [7, 11) is 0. The Bertz CT molecular complexity index is 807. The first-order valence-corrected chi connectivity index (χ1v) is 7.46. The van der Waals surface area contributed by atoms with Gasteiger partial charge in [0, 0.05) is 11.5 Å². The number of primary amides is 1. The third-order valence-corrected chi connectivity index (χ3v) is 4.07. The first kappa shape index (κ1) is 16.1. The Labute approximate surface area is 137 Å². The largest absolute Gasteiger partial charge is 0.461 e. The quantitative estimate of drug-likeness (QED) is 0.857. The lowest BCUT2D eigenvalue weighted by Gasteiger charge is -2.06. The predicted octanol–water partition coefficient (Wildman–Crippen LogP) is 2.91. The van der Waals surface area contributed by atoms with Crippen molar-refractivity contribution in [3.05, 3.63) is 70.8 Å². The van der Waals surface area contributed by atoms with Crippen LogP contribution in [-0.2, 0) is 16.1 Å². The molecule has 0 heterocycles. The molecule has 1 aliphatic rings. The molecule has 1 aliphatic carbocycles. The summed E-state index contributed by atoms with van der Waals surface area (Å²) in [4.78, 5) is 23.2. The third kappa shape index (κ3) is 3.27. The number of benzene rings is 2. The average molecular weight is 331 g/mol. The lowest BCUT2D eigenvalue weighted by molar-refractivity contribution is -0.146. The molecule has 24 heavy (non-hydrogen) atoms. The van der Waals surface area contributed by atoms with E-state index in [-0.39, 0.29) is 18.1 Å². The Morgan fingerprint density at radius 2 is 1.92 bits per heavy atom. The van der Waals surface area contributed by atoms with Crippen molar-refractivity contribution in [2.75, 3.05) is 0 Å². The molecule has 2 aromatic rings. The van der Waals surface area contributed by atoms with Crippen LogP contribution in [0.25, 0.3) is 0 Å². The summed E-state index contributed by atoms with van der Waals surface area (Å²) in [5, 5.41) is 0. The number of carbonyl (C=O) groups excluding carboxylic acids is 2. The standard InChI is InChI=1S/C18H15F2NO3/c19-15-6-2-5-12(16(15)20)13-8-14(13)18(23)24-9-10-3-1-4-11(7-10)17(21)22/h1-7,13-14H,8-9H2,(H2,21,22)/t13-,14+/m0/s1. The highest BCUT2D eigenvalue weighted by molar-refractivity contribution is 5.92. The minimum absolute atomic E-state index is 0.00515. The van der Waals surface area contributed by atoms with Crippen molar-refractivity contribution < 1.29 is 23.1 Å². The van der Waals surface area contributed by atoms with Crippen LogP contribution in [0.2, 0.25) is 0 Å². The second-order valence-electron chi connectivity index (χ2n) is 5.76. The van der Waals surface area contributed by atoms with Gasteiger partial charge in [0.2, 0.25) is 5.91 Å². The zero-order chi connectivity index (χ0) is 17.3. The summed E-state index contributed by atoms with van der Waals surface area (Å²) in [5.74, 6) is -3.69. The van der Waals surface area contributed by atoms with E-state index >= 15 is 0 Å². The van der Waals surface area contributed by atoms with Gasteiger partial charge in [-0.3, -0.25) is 9.59 Å². The zero-order valence-corrected chi connectivity index (χ0v) is 12.7. The van der Waals surface area contributed by atoms with Crippen LogP contribution < -0.4 is 5.73 Å². The summed E-state index contributed by atoms with van der Waals surface area (Å²) >= 11 is 0. The molecule has 4 nitrogen and oxygen atoms in total. The fourth-order valence-corrected chi connectivity index (χ4v) is 2.68. The number of amides is 1. The Morgan fingerprint density at radius 1 is 1.17 bits per heavy atom. The third-order valence-electron chi connectivity index (χ3n) is 4.07. The summed E-state index contributed by atoms with van der Waals surface area (Å²) in [6, 6.07) is 10.4. The molecule has 0 spiro atoms. The van der Waals surface area contributed by atoms with Crippen molar-refractivity contribution in [3.63, 3.8) is 0 Å². The van der Waals surface area contributed by atoms with Gasteiger partial charge in [0.05, 0.1) is 5.92 Å². The molecule has 6 heteroatoms. The molecule has 0 aromatic heterocycles. The van der Waals surface area contributed by atoms with Gasteiger partial charge in [-0.1, -0.05) is 24.3 Å². The predicted molar refractivity (Wildman–Crippen MR) is 82.0 cm³/mol. The molecule has 2 N–H and O–H groups in total. The molecule has 0 radical (unpaired) electrons. The summed E-state index contributed by atoms with van der Waals surface area (Å²) in [6.45, 7) is -0.00515. The van der Waals surface area contributed by atoms with Crippen molar-refractivity contribution in [1.82, 2.24) is 0 Å². The van der Waals surface area contributed by atoms with Crippen molar-refractivity contribution in [3.8, 4) is 0 Å². The number of halogens is 2. The number of rotatable bonds is 5. The molecule has 0 saturated heterocycles. The normalized spacial score (nSPS) is 18.9. The summed E-state index contributed by atoms with van der Waals surface area (Å²) in [5.41, 5.74) is 6.36. The van der Waals surface area contributed by atoms with Gasteiger partial charge in [-0.25, -0.2) is 8.78 Å². The van der Waals surface area contributed by atoms with Crippen LogP contribution in [0.1, 0.15) is 33.8 Å². The van der Waals surface area contributed by atoms with Gasteiger partial charge in [-0.05, 0) is 35.7 Å². The molecule has 124 valence electrons. The minimum Gasteiger partial charge on any atom is -0.461 e. The lowest BCUT2D eigenvalue weighted by Crippen LogP contribution is -2.12. The van der Waals surface area contributed by atoms with Crippen molar-refractivity contribution in [2.45, 2.75) is 18.9 Å². The van der Waals surface area contributed by atoms with Crippen LogP contribution in [0.5, 0.6) is 0 Å². The number of ether oxygens (including phenoxy) is 1. The van der Waals surface area contributed by atoms with E-state index in [1.807, 2.05) is 0 Å². The maximum absolute atomic E-state index is 13.7. The average Bonchev–Trinajstić information content (AvgIpc) is 3.36. The van der Waals surface area contributed by atoms with Crippen LogP contribution in [0.4, 0.5) is 8.78 Å². The van der Waals surface area contributed by atoms with E-state index in [0.717, 1.165) is 6.07 Å². The Balaban J connectivity index is 1.60. The molecule has 1 saturated carbocycles. The van der Waals surface area contributed by atoms with Crippen molar-refractivity contribution in [1.29, 1.82) is 0 Å². The Hall–Kier alpha value is -2.76. The van der Waals surface area contributed by atoms with Gasteiger partial charge in [-0.15, -0.1) is 0 Å². The molecule has 1 amide bonds. The molecule has 2 atom stereocenters. The Morgan fingerprint density at radius 3 is 2.67 bits per heavy atom. The van der Waals surface area contributed by atoms with Crippen LogP contribution in [-0.4, -0.2) is 11.9 Å². The van der Waals surface area contributed by atoms with Crippen molar-refractivity contribution >= 4 is 11.9 Å². The van der Waals surface area contributed by atoms with Gasteiger partial charge in [-0.2, -0.15) is 0 Å². The molecule has 0 aliphatic heterocycles. The highest BCUT2D eigenvalue weighted by atomic mass is 19.2. The zero-order valence-electron chi connectivity index (χ0n) is 12.7. The number of nitrogens with two attached hydrogens (primary N) is 1. The monoisotopic (exact) mass is 331 g/mol. The van der Waals surface area contributed by atoms with Crippen molar-refractivity contribution in [2.24, 2.45) is 11.7 Å². The van der Waals surface area contributed by atoms with E-state index in [1.54, 1.807) is 24.3 Å². The lowest BCUT2D eigenvalue weighted by atomic mass is 10.1. The van der Waals surface area contributed by atoms with E-state index in [2.05, 4.69) is 0 Å². The first-order valence-electron chi connectivity index (χ1n) is 7.46. The molecule has 0 bridgehead atoms. The second-order valence-corrected chi connectivity index (χ2v) is 5.76. The van der Waals surface area contributed by atoms with Crippen LogP contribution in [0.3, 0.4) is 0 Å². The molecule has 1 fully saturated rings. The van der Waals surface area contributed by atoms with Crippen LogP contribution in [0, 0.1) is 17.6 Å². The maximum Gasteiger partial charge on any atom is 0.309 e. The fourth-order valence-electron chi connectivity index (χ4n) is 2.68. The van der Waals surface area contributed by atoms with Gasteiger partial charge in [0.15, 0.2) is 11.6 Å². The maximum atomic E-state index is 13.7.